The Morgan fingerprint density at radius 2 is 1.66 bits per heavy atom. The second-order valence-corrected chi connectivity index (χ2v) is 7.39. The number of benzene rings is 2. The maximum Gasteiger partial charge on any atom is 0.246 e. The summed E-state index contributed by atoms with van der Waals surface area (Å²) in [5.74, 6) is 2.17. The van der Waals surface area contributed by atoms with Crippen LogP contribution in [0.15, 0.2) is 67.0 Å². The predicted molar refractivity (Wildman–Crippen MR) is 125 cm³/mol. The van der Waals surface area contributed by atoms with Crippen LogP contribution in [0.25, 0.3) is 17.3 Å². The molecule has 4 rings (SSSR count). The Bertz CT molecular complexity index is 1090. The number of nitrogens with zero attached hydrogens (tertiary/aromatic N) is 4. The number of amides is 1. The van der Waals surface area contributed by atoms with E-state index in [9.17, 15) is 4.79 Å². The van der Waals surface area contributed by atoms with Gasteiger partial charge in [0.1, 0.15) is 12.1 Å². The second kappa shape index (κ2) is 9.96. The molecular formula is C25H26N4O3. The molecule has 1 aliphatic heterocycles. The lowest BCUT2D eigenvalue weighted by molar-refractivity contribution is -0.126. The van der Waals surface area contributed by atoms with Crippen molar-refractivity contribution in [2.24, 2.45) is 0 Å². The summed E-state index contributed by atoms with van der Waals surface area (Å²) in [6.45, 7) is 2.72. The maximum absolute atomic E-state index is 12.7. The van der Waals surface area contributed by atoms with Crippen LogP contribution < -0.4 is 14.4 Å². The first kappa shape index (κ1) is 21.4. The highest BCUT2D eigenvalue weighted by Crippen LogP contribution is 2.28. The number of rotatable bonds is 6. The first-order chi connectivity index (χ1) is 15.7. The highest BCUT2D eigenvalue weighted by Gasteiger charge is 2.21. The van der Waals surface area contributed by atoms with Crippen LogP contribution in [-0.2, 0) is 4.79 Å². The van der Waals surface area contributed by atoms with Crippen LogP contribution in [0.4, 0.5) is 5.82 Å². The largest absolute Gasteiger partial charge is 0.493 e. The van der Waals surface area contributed by atoms with Crippen molar-refractivity contribution in [2.75, 3.05) is 45.3 Å². The average Bonchev–Trinajstić information content (AvgIpc) is 2.87. The first-order valence-electron chi connectivity index (χ1n) is 10.5. The fourth-order valence-electron chi connectivity index (χ4n) is 3.67. The lowest BCUT2D eigenvalue weighted by atomic mass is 10.1. The number of carbonyl (C=O) groups is 1. The Labute approximate surface area is 187 Å². The van der Waals surface area contributed by atoms with Gasteiger partial charge < -0.3 is 19.3 Å². The number of aromatic nitrogens is 2. The van der Waals surface area contributed by atoms with Gasteiger partial charge >= 0.3 is 0 Å². The molecule has 1 aromatic heterocycles. The van der Waals surface area contributed by atoms with Crippen LogP contribution in [0, 0.1) is 0 Å². The number of piperazine rings is 1. The summed E-state index contributed by atoms with van der Waals surface area (Å²) in [5.41, 5.74) is 2.83. The summed E-state index contributed by atoms with van der Waals surface area (Å²) < 4.78 is 10.6. The SMILES string of the molecule is COc1ccc(/C=C\C(=O)N2CCN(c3cc(-c4ccccc4)ncn3)CC2)cc1OC. The van der Waals surface area contributed by atoms with Crippen LogP contribution in [-0.4, -0.2) is 61.2 Å². The summed E-state index contributed by atoms with van der Waals surface area (Å²) >= 11 is 0. The van der Waals surface area contributed by atoms with Crippen molar-refractivity contribution in [3.05, 3.63) is 72.6 Å². The summed E-state index contributed by atoms with van der Waals surface area (Å²) in [6.07, 6.45) is 5.00. The molecule has 0 N–H and O–H groups in total. The van der Waals surface area contributed by atoms with Crippen LogP contribution in [0.2, 0.25) is 0 Å². The fourth-order valence-corrected chi connectivity index (χ4v) is 3.67. The summed E-state index contributed by atoms with van der Waals surface area (Å²) in [6, 6.07) is 17.6. The van der Waals surface area contributed by atoms with Crippen LogP contribution >= 0.6 is 0 Å². The number of hydrogen-bond donors (Lipinski definition) is 0. The van der Waals surface area contributed by atoms with Crippen molar-refractivity contribution in [3.8, 4) is 22.8 Å². The zero-order valence-electron chi connectivity index (χ0n) is 18.3. The van der Waals surface area contributed by atoms with E-state index in [4.69, 9.17) is 9.47 Å². The van der Waals surface area contributed by atoms with Crippen molar-refractivity contribution in [3.63, 3.8) is 0 Å². The molecule has 0 saturated carbocycles. The molecule has 0 unspecified atom stereocenters. The molecule has 0 bridgehead atoms. The van der Waals surface area contributed by atoms with Gasteiger partial charge in [0.25, 0.3) is 0 Å². The molecule has 1 amide bonds. The molecule has 1 fully saturated rings. The van der Waals surface area contributed by atoms with Gasteiger partial charge in [-0.05, 0) is 23.8 Å². The highest BCUT2D eigenvalue weighted by molar-refractivity contribution is 5.92. The molecule has 2 heterocycles. The van der Waals surface area contributed by atoms with Gasteiger partial charge in [0.05, 0.1) is 19.9 Å². The van der Waals surface area contributed by atoms with E-state index in [2.05, 4.69) is 14.9 Å². The van der Waals surface area contributed by atoms with Crippen LogP contribution in [0.3, 0.4) is 0 Å². The standard InChI is InChI=1S/C25H26N4O3/c1-31-22-10-8-19(16-23(22)32-2)9-11-25(30)29-14-12-28(13-15-29)24-17-21(26-18-27-24)20-6-4-3-5-7-20/h3-11,16-18H,12-15H2,1-2H3/b11-9-. The van der Waals surface area contributed by atoms with Crippen molar-refractivity contribution < 1.29 is 14.3 Å². The van der Waals surface area contributed by atoms with Gasteiger partial charge in [0.2, 0.25) is 5.91 Å². The van der Waals surface area contributed by atoms with Gasteiger partial charge in [0.15, 0.2) is 11.5 Å². The van der Waals surface area contributed by atoms with E-state index in [1.54, 1.807) is 32.7 Å². The Morgan fingerprint density at radius 3 is 2.38 bits per heavy atom. The zero-order chi connectivity index (χ0) is 22.3. The smallest absolute Gasteiger partial charge is 0.246 e. The quantitative estimate of drug-likeness (QED) is 0.558. The van der Waals surface area contributed by atoms with E-state index in [1.807, 2.05) is 59.5 Å². The molecule has 3 aromatic rings. The maximum atomic E-state index is 12.7. The topological polar surface area (TPSA) is 67.8 Å². The molecule has 1 aliphatic rings. The van der Waals surface area contributed by atoms with Gasteiger partial charge in [-0.1, -0.05) is 36.4 Å². The lowest BCUT2D eigenvalue weighted by Crippen LogP contribution is -2.48. The van der Waals surface area contributed by atoms with Crippen molar-refractivity contribution >= 4 is 17.8 Å². The number of methoxy groups -OCH3 is 2. The molecule has 0 spiro atoms. The average molecular weight is 431 g/mol. The van der Waals surface area contributed by atoms with E-state index in [0.29, 0.717) is 24.6 Å². The van der Waals surface area contributed by atoms with Crippen molar-refractivity contribution in [1.29, 1.82) is 0 Å². The molecule has 7 heteroatoms. The first-order valence-corrected chi connectivity index (χ1v) is 10.5. The Kier molecular flexibility index (Phi) is 6.65. The number of ether oxygens (including phenoxy) is 2. The molecule has 0 aliphatic carbocycles. The number of hydrogen-bond acceptors (Lipinski definition) is 6. The zero-order valence-corrected chi connectivity index (χ0v) is 18.3. The van der Waals surface area contributed by atoms with Gasteiger partial charge in [-0.25, -0.2) is 9.97 Å². The highest BCUT2D eigenvalue weighted by atomic mass is 16.5. The Balaban J connectivity index is 1.37. The predicted octanol–water partition coefficient (Wildman–Crippen LogP) is 3.52. The van der Waals surface area contributed by atoms with Crippen LogP contribution in [0.5, 0.6) is 11.5 Å². The van der Waals surface area contributed by atoms with Gasteiger partial charge in [-0.3, -0.25) is 4.79 Å². The van der Waals surface area contributed by atoms with E-state index in [1.165, 1.54) is 0 Å². The van der Waals surface area contributed by atoms with E-state index >= 15 is 0 Å². The Hall–Kier alpha value is -3.87. The van der Waals surface area contributed by atoms with Crippen LogP contribution in [0.1, 0.15) is 5.56 Å². The minimum absolute atomic E-state index is 0.00732. The lowest BCUT2D eigenvalue weighted by Gasteiger charge is -2.35. The Morgan fingerprint density at radius 1 is 0.906 bits per heavy atom. The number of carbonyl (C=O) groups excluding carboxylic acids is 1. The van der Waals surface area contributed by atoms with Gasteiger partial charge in [-0.15, -0.1) is 0 Å². The van der Waals surface area contributed by atoms with Crippen molar-refractivity contribution in [1.82, 2.24) is 14.9 Å². The third kappa shape index (κ3) is 4.88. The molecule has 0 radical (unpaired) electrons. The second-order valence-electron chi connectivity index (χ2n) is 7.39. The van der Waals surface area contributed by atoms with E-state index in [0.717, 1.165) is 35.7 Å². The fraction of sp³-hybridized carbons (Fsp3) is 0.240. The molecule has 1 saturated heterocycles. The molecular weight excluding hydrogens is 404 g/mol. The molecule has 2 aromatic carbocycles. The third-order valence-corrected chi connectivity index (χ3v) is 5.46. The molecule has 0 atom stereocenters. The molecule has 7 nitrogen and oxygen atoms in total. The number of anilines is 1. The normalized spacial score (nSPS) is 13.9. The minimum atomic E-state index is -0.00732. The molecule has 164 valence electrons. The minimum Gasteiger partial charge on any atom is -0.493 e. The van der Waals surface area contributed by atoms with E-state index in [-0.39, 0.29) is 5.91 Å². The van der Waals surface area contributed by atoms with E-state index < -0.39 is 0 Å². The summed E-state index contributed by atoms with van der Waals surface area (Å²) in [7, 11) is 3.19. The van der Waals surface area contributed by atoms with Gasteiger partial charge in [-0.2, -0.15) is 0 Å². The van der Waals surface area contributed by atoms with Crippen molar-refractivity contribution in [2.45, 2.75) is 0 Å². The summed E-state index contributed by atoms with van der Waals surface area (Å²) in [4.78, 5) is 25.6. The monoisotopic (exact) mass is 430 g/mol. The summed E-state index contributed by atoms with van der Waals surface area (Å²) in [5, 5.41) is 0. The molecule has 32 heavy (non-hydrogen) atoms. The third-order valence-electron chi connectivity index (χ3n) is 5.46. The van der Waals surface area contributed by atoms with Gasteiger partial charge in [0, 0.05) is 43.9 Å².